The normalized spacial score (nSPS) is 15.1. The van der Waals surface area contributed by atoms with Gasteiger partial charge in [-0.3, -0.25) is 4.90 Å². The number of rotatable bonds is 4. The predicted molar refractivity (Wildman–Crippen MR) is 95.0 cm³/mol. The fourth-order valence-electron chi connectivity index (χ4n) is 3.71. The number of aliphatic hydroxyl groups excluding tert-OH is 1. The van der Waals surface area contributed by atoms with Gasteiger partial charge in [0.1, 0.15) is 12.0 Å². The molecule has 0 fully saturated rings. The molecule has 0 saturated heterocycles. The van der Waals surface area contributed by atoms with Crippen LogP contribution >= 0.6 is 0 Å². The lowest BCUT2D eigenvalue weighted by atomic mass is 10.0. The molecular weight excluding hydrogens is 352 g/mol. The van der Waals surface area contributed by atoms with Gasteiger partial charge in [-0.05, 0) is 47.9 Å². The molecule has 0 spiro atoms. The Morgan fingerprint density at radius 2 is 2.00 bits per heavy atom. The first kappa shape index (κ1) is 17.5. The van der Waals surface area contributed by atoms with Crippen molar-refractivity contribution >= 4 is 10.9 Å². The fourth-order valence-corrected chi connectivity index (χ4v) is 3.71. The van der Waals surface area contributed by atoms with Gasteiger partial charge in [0, 0.05) is 35.8 Å². The molecule has 2 heterocycles. The van der Waals surface area contributed by atoms with Crippen LogP contribution in [0.4, 0.5) is 8.78 Å². The molecule has 0 bridgehead atoms. The number of fused-ring (bicyclic) bond motifs is 2. The quantitative estimate of drug-likeness (QED) is 0.730. The van der Waals surface area contributed by atoms with E-state index in [0.29, 0.717) is 29.6 Å². The van der Waals surface area contributed by atoms with E-state index in [-0.39, 0.29) is 5.75 Å². The maximum Gasteiger partial charge on any atom is 0.387 e. The van der Waals surface area contributed by atoms with Crippen LogP contribution in [0.2, 0.25) is 0 Å². The smallest absolute Gasteiger partial charge is 0.387 e. The summed E-state index contributed by atoms with van der Waals surface area (Å²) in [5, 5.41) is 20.7. The van der Waals surface area contributed by atoms with Crippen LogP contribution in [0.3, 0.4) is 0 Å². The van der Waals surface area contributed by atoms with Crippen LogP contribution in [0, 0.1) is 18.3 Å². The second-order valence-electron chi connectivity index (χ2n) is 6.62. The first-order chi connectivity index (χ1) is 13.0. The van der Waals surface area contributed by atoms with E-state index in [0.717, 1.165) is 22.2 Å². The number of hydrogen-bond acceptors (Lipinski definition) is 4. The standard InChI is InChI=1S/C20H17F2N3O2/c1-11-6-16(27-20(21)22)17(15-4-5-24-18(11)15)19(26)25-9-13-3-2-12(8-23)7-14(13)10-25/h2-7,19-20,24,26H,9-10H2,1H3. The molecule has 1 aliphatic heterocycles. The number of nitriles is 1. The molecule has 2 aromatic carbocycles. The second kappa shape index (κ2) is 6.65. The molecule has 0 aliphatic carbocycles. The summed E-state index contributed by atoms with van der Waals surface area (Å²) in [6.45, 7) is -0.320. The van der Waals surface area contributed by atoms with E-state index in [9.17, 15) is 13.9 Å². The predicted octanol–water partition coefficient (Wildman–Crippen LogP) is 3.96. The topological polar surface area (TPSA) is 72.3 Å². The van der Waals surface area contributed by atoms with Crippen molar-refractivity contribution in [2.75, 3.05) is 0 Å². The van der Waals surface area contributed by atoms with Crippen molar-refractivity contribution in [2.45, 2.75) is 32.9 Å². The number of hydrogen-bond donors (Lipinski definition) is 2. The van der Waals surface area contributed by atoms with E-state index >= 15 is 0 Å². The molecule has 4 rings (SSSR count). The highest BCUT2D eigenvalue weighted by molar-refractivity contribution is 5.88. The minimum absolute atomic E-state index is 0.0317. The fraction of sp³-hybridized carbons (Fsp3) is 0.250. The van der Waals surface area contributed by atoms with Crippen LogP contribution in [0.15, 0.2) is 36.5 Å². The highest BCUT2D eigenvalue weighted by Crippen LogP contribution is 2.40. The molecule has 0 amide bonds. The molecule has 1 aromatic heterocycles. The van der Waals surface area contributed by atoms with Crippen LogP contribution in [0.1, 0.15) is 34.0 Å². The second-order valence-corrected chi connectivity index (χ2v) is 6.62. The largest absolute Gasteiger partial charge is 0.434 e. The summed E-state index contributed by atoms with van der Waals surface area (Å²) in [6.07, 6.45) is 0.577. The van der Waals surface area contributed by atoms with Gasteiger partial charge >= 0.3 is 6.61 Å². The minimum Gasteiger partial charge on any atom is -0.434 e. The first-order valence-corrected chi connectivity index (χ1v) is 8.47. The summed E-state index contributed by atoms with van der Waals surface area (Å²) in [4.78, 5) is 4.84. The van der Waals surface area contributed by atoms with Crippen LogP contribution in [0.5, 0.6) is 5.75 Å². The summed E-state index contributed by atoms with van der Waals surface area (Å²) >= 11 is 0. The lowest BCUT2D eigenvalue weighted by Crippen LogP contribution is -2.24. The van der Waals surface area contributed by atoms with E-state index < -0.39 is 12.8 Å². The van der Waals surface area contributed by atoms with Crippen molar-refractivity contribution in [1.82, 2.24) is 9.88 Å². The molecule has 27 heavy (non-hydrogen) atoms. The van der Waals surface area contributed by atoms with Gasteiger partial charge in [0.15, 0.2) is 0 Å². The molecule has 1 aliphatic rings. The number of benzene rings is 2. The van der Waals surface area contributed by atoms with Crippen molar-refractivity contribution in [3.8, 4) is 11.8 Å². The summed E-state index contributed by atoms with van der Waals surface area (Å²) in [5.74, 6) is -0.0317. The highest BCUT2D eigenvalue weighted by Gasteiger charge is 2.30. The van der Waals surface area contributed by atoms with E-state index in [1.807, 2.05) is 6.07 Å². The Morgan fingerprint density at radius 1 is 1.22 bits per heavy atom. The third-order valence-electron chi connectivity index (χ3n) is 4.95. The van der Waals surface area contributed by atoms with E-state index in [2.05, 4.69) is 11.1 Å². The van der Waals surface area contributed by atoms with Gasteiger partial charge in [0.2, 0.25) is 0 Å². The molecule has 5 nitrogen and oxygen atoms in total. The summed E-state index contributed by atoms with van der Waals surface area (Å²) in [6, 6.07) is 10.7. The van der Waals surface area contributed by atoms with Gasteiger partial charge in [-0.25, -0.2) is 0 Å². The van der Waals surface area contributed by atoms with Crippen molar-refractivity contribution < 1.29 is 18.6 Å². The van der Waals surface area contributed by atoms with Crippen molar-refractivity contribution in [3.63, 3.8) is 0 Å². The lowest BCUT2D eigenvalue weighted by molar-refractivity contribution is -0.0558. The Balaban J connectivity index is 1.75. The number of nitrogens with zero attached hydrogens (tertiary/aromatic N) is 2. The summed E-state index contributed by atoms with van der Waals surface area (Å²) < 4.78 is 30.6. The van der Waals surface area contributed by atoms with Gasteiger partial charge in [0.05, 0.1) is 11.6 Å². The Hall–Kier alpha value is -2.95. The Kier molecular flexibility index (Phi) is 4.30. The molecular formula is C20H17F2N3O2. The molecule has 0 radical (unpaired) electrons. The molecule has 2 N–H and O–H groups in total. The van der Waals surface area contributed by atoms with Gasteiger partial charge in [0.25, 0.3) is 0 Å². The van der Waals surface area contributed by atoms with Gasteiger partial charge < -0.3 is 14.8 Å². The maximum absolute atomic E-state index is 12.9. The summed E-state index contributed by atoms with van der Waals surface area (Å²) in [5.41, 5.74) is 4.34. The van der Waals surface area contributed by atoms with E-state index in [1.165, 1.54) is 6.07 Å². The van der Waals surface area contributed by atoms with Crippen LogP contribution in [-0.4, -0.2) is 21.6 Å². The molecule has 138 valence electrons. The molecule has 3 aromatic rings. The number of aromatic amines is 1. The number of alkyl halides is 2. The number of aryl methyl sites for hydroxylation is 1. The summed E-state index contributed by atoms with van der Waals surface area (Å²) in [7, 11) is 0. The zero-order valence-corrected chi connectivity index (χ0v) is 14.5. The number of ether oxygens (including phenoxy) is 1. The van der Waals surface area contributed by atoms with E-state index in [4.69, 9.17) is 10.00 Å². The number of aliphatic hydroxyl groups is 1. The minimum atomic E-state index is -2.99. The monoisotopic (exact) mass is 369 g/mol. The molecule has 1 atom stereocenters. The van der Waals surface area contributed by atoms with E-state index in [1.54, 1.807) is 36.2 Å². The average Bonchev–Trinajstić information content (AvgIpc) is 3.27. The molecule has 7 heteroatoms. The average molecular weight is 369 g/mol. The SMILES string of the molecule is Cc1cc(OC(F)F)c(C(O)N2Cc3ccc(C#N)cc3C2)c2cc[nH]c12. The van der Waals surface area contributed by atoms with Crippen molar-refractivity contribution in [1.29, 1.82) is 5.26 Å². The zero-order chi connectivity index (χ0) is 19.1. The first-order valence-electron chi connectivity index (χ1n) is 8.47. The maximum atomic E-state index is 12.9. The van der Waals surface area contributed by atoms with Crippen LogP contribution < -0.4 is 4.74 Å². The number of halogens is 2. The lowest BCUT2D eigenvalue weighted by Gasteiger charge is -2.26. The van der Waals surface area contributed by atoms with Crippen molar-refractivity contribution in [2.24, 2.45) is 0 Å². The number of nitrogens with one attached hydrogen (secondary N) is 1. The van der Waals surface area contributed by atoms with Gasteiger partial charge in [-0.15, -0.1) is 0 Å². The number of H-pyrrole nitrogens is 1. The zero-order valence-electron chi connectivity index (χ0n) is 14.5. The number of aromatic nitrogens is 1. The van der Waals surface area contributed by atoms with Crippen molar-refractivity contribution in [3.05, 3.63) is 64.3 Å². The molecule has 1 unspecified atom stereocenters. The van der Waals surface area contributed by atoms with Gasteiger partial charge in [-0.1, -0.05) is 6.07 Å². The third-order valence-corrected chi connectivity index (χ3v) is 4.95. The highest BCUT2D eigenvalue weighted by atomic mass is 19.3. The van der Waals surface area contributed by atoms with Gasteiger partial charge in [-0.2, -0.15) is 14.0 Å². The third kappa shape index (κ3) is 3.03. The Morgan fingerprint density at radius 3 is 2.74 bits per heavy atom. The Bertz CT molecular complexity index is 1060. The molecule has 0 saturated carbocycles. The Labute approximate surface area is 154 Å². The van der Waals surface area contributed by atoms with Crippen LogP contribution in [-0.2, 0) is 13.1 Å². The van der Waals surface area contributed by atoms with Crippen LogP contribution in [0.25, 0.3) is 10.9 Å².